The van der Waals surface area contributed by atoms with Crippen molar-refractivity contribution in [1.82, 2.24) is 4.72 Å². The van der Waals surface area contributed by atoms with Gasteiger partial charge >= 0.3 is 5.97 Å². The summed E-state index contributed by atoms with van der Waals surface area (Å²) >= 11 is 1.38. The van der Waals surface area contributed by atoms with Crippen molar-refractivity contribution in [1.29, 1.82) is 0 Å². The van der Waals surface area contributed by atoms with E-state index in [0.29, 0.717) is 5.56 Å². The van der Waals surface area contributed by atoms with Gasteiger partial charge in [0.15, 0.2) is 5.60 Å². The van der Waals surface area contributed by atoms with Gasteiger partial charge in [-0.25, -0.2) is 17.9 Å². The van der Waals surface area contributed by atoms with E-state index in [9.17, 15) is 18.3 Å². The molecule has 2 N–H and O–H groups in total. The number of rotatable bonds is 7. The van der Waals surface area contributed by atoms with Gasteiger partial charge in [-0.05, 0) is 53.2 Å². The lowest BCUT2D eigenvalue weighted by molar-refractivity contribution is 0.0600. The summed E-state index contributed by atoms with van der Waals surface area (Å²) < 4.78 is 37.5. The first-order chi connectivity index (χ1) is 12.9. The number of esters is 1. The predicted molar refractivity (Wildman–Crippen MR) is 99.0 cm³/mol. The molecule has 0 saturated carbocycles. The van der Waals surface area contributed by atoms with Crippen LogP contribution in [0.15, 0.2) is 68.8 Å². The summed E-state index contributed by atoms with van der Waals surface area (Å²) in [6, 6.07) is 10.2. The molecule has 0 aliphatic rings. The van der Waals surface area contributed by atoms with E-state index in [-0.39, 0.29) is 22.8 Å². The van der Waals surface area contributed by atoms with Crippen LogP contribution in [-0.2, 0) is 20.4 Å². The van der Waals surface area contributed by atoms with Crippen LogP contribution < -0.4 is 4.72 Å². The third kappa shape index (κ3) is 3.96. The molecular weight excluding hydrogens is 390 g/mol. The molecule has 142 valence electrons. The number of aliphatic hydroxyl groups is 1. The Kier molecular flexibility index (Phi) is 5.47. The van der Waals surface area contributed by atoms with Crippen LogP contribution in [0.25, 0.3) is 0 Å². The van der Waals surface area contributed by atoms with E-state index in [1.54, 1.807) is 29.0 Å². The van der Waals surface area contributed by atoms with Gasteiger partial charge in [-0.1, -0.05) is 0 Å². The molecule has 9 heteroatoms. The lowest BCUT2D eigenvalue weighted by atomic mass is 9.94. The Morgan fingerprint density at radius 3 is 2.56 bits per heavy atom. The molecule has 0 aliphatic heterocycles. The molecule has 7 nitrogen and oxygen atoms in total. The van der Waals surface area contributed by atoms with Gasteiger partial charge in [0.25, 0.3) is 0 Å². The minimum absolute atomic E-state index is 0.0396. The number of hydrogen-bond acceptors (Lipinski definition) is 7. The number of carbonyl (C=O) groups excluding carboxylic acids is 1. The second kappa shape index (κ2) is 7.65. The summed E-state index contributed by atoms with van der Waals surface area (Å²) in [6.45, 7) is -0.321. The van der Waals surface area contributed by atoms with Crippen molar-refractivity contribution in [2.45, 2.75) is 10.5 Å². The van der Waals surface area contributed by atoms with E-state index in [0.717, 1.165) is 0 Å². The van der Waals surface area contributed by atoms with Crippen LogP contribution in [0.4, 0.5) is 0 Å². The molecule has 0 fully saturated rings. The fraction of sp³-hybridized carbons (Fsp3) is 0.167. The summed E-state index contributed by atoms with van der Waals surface area (Å²) in [4.78, 5) is 11.4. The molecule has 1 aromatic carbocycles. The average Bonchev–Trinajstić information content (AvgIpc) is 3.40. The van der Waals surface area contributed by atoms with Gasteiger partial charge in [0.1, 0.15) is 5.76 Å². The third-order valence-electron chi connectivity index (χ3n) is 4.03. The molecule has 1 unspecified atom stereocenters. The number of sulfonamides is 1. The topological polar surface area (TPSA) is 106 Å². The molecule has 0 aliphatic carbocycles. The van der Waals surface area contributed by atoms with Crippen LogP contribution in [0.1, 0.15) is 21.7 Å². The largest absolute Gasteiger partial charge is 0.466 e. The summed E-state index contributed by atoms with van der Waals surface area (Å²) in [5.74, 6) is -0.332. The molecule has 0 saturated heterocycles. The Morgan fingerprint density at radius 2 is 2.00 bits per heavy atom. The molecular formula is C18H17NO6S2. The Balaban J connectivity index is 1.84. The Hall–Kier alpha value is -2.46. The first-order valence-corrected chi connectivity index (χ1v) is 10.3. The van der Waals surface area contributed by atoms with E-state index >= 15 is 0 Å². The molecule has 1 atom stereocenters. The smallest absolute Gasteiger partial charge is 0.337 e. The first-order valence-electron chi connectivity index (χ1n) is 7.84. The summed E-state index contributed by atoms with van der Waals surface area (Å²) in [6.07, 6.45) is 1.41. The maximum atomic E-state index is 12.6. The Bertz CT molecular complexity index is 959. The summed E-state index contributed by atoms with van der Waals surface area (Å²) in [7, 11) is -2.68. The summed E-state index contributed by atoms with van der Waals surface area (Å²) in [5, 5.41) is 14.6. The van der Waals surface area contributed by atoms with Crippen molar-refractivity contribution < 1.29 is 27.5 Å². The van der Waals surface area contributed by atoms with E-state index < -0.39 is 21.6 Å². The minimum atomic E-state index is -3.93. The number of ether oxygens (including phenoxy) is 1. The van der Waals surface area contributed by atoms with Gasteiger partial charge in [0, 0.05) is 5.56 Å². The fourth-order valence-electron chi connectivity index (χ4n) is 2.52. The number of hydrogen-bond donors (Lipinski definition) is 2. The predicted octanol–water partition coefficient (Wildman–Crippen LogP) is 2.34. The zero-order valence-corrected chi connectivity index (χ0v) is 15.9. The second-order valence-electron chi connectivity index (χ2n) is 5.69. The van der Waals surface area contributed by atoms with Crippen molar-refractivity contribution in [3.63, 3.8) is 0 Å². The van der Waals surface area contributed by atoms with Crippen LogP contribution in [0.3, 0.4) is 0 Å². The third-order valence-corrected chi connectivity index (χ3v) is 6.13. The number of benzene rings is 1. The van der Waals surface area contributed by atoms with Crippen molar-refractivity contribution >= 4 is 27.3 Å². The quantitative estimate of drug-likeness (QED) is 0.583. The fourth-order valence-corrected chi connectivity index (χ4v) is 4.30. The van der Waals surface area contributed by atoms with Crippen molar-refractivity contribution in [2.24, 2.45) is 0 Å². The number of furan rings is 1. The SMILES string of the molecule is COC(=O)c1ccc(S(=O)(=O)NCC(O)(c2ccsc2)c2ccco2)cc1. The van der Waals surface area contributed by atoms with Crippen LogP contribution in [-0.4, -0.2) is 33.1 Å². The van der Waals surface area contributed by atoms with Crippen molar-refractivity contribution in [2.75, 3.05) is 13.7 Å². The average molecular weight is 407 g/mol. The number of nitrogens with one attached hydrogen (secondary N) is 1. The van der Waals surface area contributed by atoms with Gasteiger partial charge in [-0.15, -0.1) is 0 Å². The van der Waals surface area contributed by atoms with E-state index in [1.807, 2.05) is 0 Å². The first kappa shape index (κ1) is 19.3. The van der Waals surface area contributed by atoms with E-state index in [1.165, 1.54) is 49.0 Å². The maximum Gasteiger partial charge on any atom is 0.337 e. The molecule has 0 amide bonds. The zero-order valence-electron chi connectivity index (χ0n) is 14.3. The molecule has 0 radical (unpaired) electrons. The van der Waals surface area contributed by atoms with E-state index in [4.69, 9.17) is 4.42 Å². The van der Waals surface area contributed by atoms with Crippen molar-refractivity contribution in [3.05, 3.63) is 76.4 Å². The molecule has 3 rings (SSSR count). The monoisotopic (exact) mass is 407 g/mol. The van der Waals surface area contributed by atoms with Crippen LogP contribution in [0, 0.1) is 0 Å². The van der Waals surface area contributed by atoms with Gasteiger partial charge in [0.2, 0.25) is 10.0 Å². The molecule has 27 heavy (non-hydrogen) atoms. The second-order valence-corrected chi connectivity index (χ2v) is 8.24. The molecule has 0 spiro atoms. The highest BCUT2D eigenvalue weighted by Crippen LogP contribution is 2.31. The number of methoxy groups -OCH3 is 1. The Morgan fingerprint density at radius 1 is 1.26 bits per heavy atom. The molecule has 2 heterocycles. The molecule has 0 bridgehead atoms. The van der Waals surface area contributed by atoms with Gasteiger partial charge in [-0.2, -0.15) is 11.3 Å². The van der Waals surface area contributed by atoms with Crippen molar-refractivity contribution in [3.8, 4) is 0 Å². The zero-order chi connectivity index (χ0) is 19.5. The van der Waals surface area contributed by atoms with Gasteiger partial charge < -0.3 is 14.3 Å². The highest BCUT2D eigenvalue weighted by molar-refractivity contribution is 7.89. The minimum Gasteiger partial charge on any atom is -0.466 e. The van der Waals surface area contributed by atoms with E-state index in [2.05, 4.69) is 9.46 Å². The number of carbonyl (C=O) groups is 1. The molecule has 2 aromatic heterocycles. The standard InChI is InChI=1S/C18H17NO6S2/c1-24-17(20)13-4-6-15(7-5-13)27(22,23)19-12-18(21,14-8-10-26-11-14)16-3-2-9-25-16/h2-11,19,21H,12H2,1H3. The molecule has 3 aromatic rings. The highest BCUT2D eigenvalue weighted by atomic mass is 32.2. The van der Waals surface area contributed by atoms with Gasteiger partial charge in [0.05, 0.1) is 30.4 Å². The maximum absolute atomic E-state index is 12.6. The lowest BCUT2D eigenvalue weighted by Gasteiger charge is -2.25. The summed E-state index contributed by atoms with van der Waals surface area (Å²) in [5.41, 5.74) is -0.893. The van der Waals surface area contributed by atoms with Crippen LogP contribution in [0.2, 0.25) is 0 Å². The van der Waals surface area contributed by atoms with Gasteiger partial charge in [-0.3, -0.25) is 0 Å². The normalized spacial score (nSPS) is 13.9. The van der Waals surface area contributed by atoms with Crippen LogP contribution >= 0.6 is 11.3 Å². The Labute approximate surface area is 160 Å². The van der Waals surface area contributed by atoms with Crippen LogP contribution in [0.5, 0.6) is 0 Å². The highest BCUT2D eigenvalue weighted by Gasteiger charge is 2.36. The number of thiophene rings is 1. The lowest BCUT2D eigenvalue weighted by Crippen LogP contribution is -2.41.